The first-order valence-corrected chi connectivity index (χ1v) is 3.33. The van der Waals surface area contributed by atoms with Crippen molar-refractivity contribution < 1.29 is 0 Å². The molecule has 0 aromatic carbocycles. The van der Waals surface area contributed by atoms with Gasteiger partial charge in [0.15, 0.2) is 0 Å². The highest BCUT2D eigenvalue weighted by atomic mass is 14.5. The van der Waals surface area contributed by atoms with E-state index in [2.05, 4.69) is 26.0 Å². The van der Waals surface area contributed by atoms with Crippen molar-refractivity contribution in [3.8, 4) is 0 Å². The van der Waals surface area contributed by atoms with Crippen molar-refractivity contribution in [2.75, 3.05) is 6.54 Å². The zero-order chi connectivity index (χ0) is 6.85. The lowest BCUT2D eigenvalue weighted by molar-refractivity contribution is 0.871. The van der Waals surface area contributed by atoms with Crippen LogP contribution in [0.3, 0.4) is 0 Å². The molecule has 0 aromatic rings. The molecule has 0 bridgehead atoms. The van der Waals surface area contributed by atoms with E-state index in [9.17, 15) is 0 Å². The molecule has 0 heterocycles. The molecule has 1 aliphatic carbocycles. The zero-order valence-corrected chi connectivity index (χ0v) is 6.02. The minimum atomic E-state index is 0.614. The predicted molar refractivity (Wildman–Crippen MR) is 40.1 cm³/mol. The Morgan fingerprint density at radius 1 is 1.67 bits per heavy atom. The summed E-state index contributed by atoms with van der Waals surface area (Å²) < 4.78 is 0. The topological polar surface area (TPSA) is 26.0 Å². The van der Waals surface area contributed by atoms with Crippen LogP contribution in [-0.2, 0) is 0 Å². The Morgan fingerprint density at radius 3 is 2.56 bits per heavy atom. The number of nitrogens with two attached hydrogens (primary N) is 1. The molecule has 50 valence electrons. The Labute approximate surface area is 56.2 Å². The highest BCUT2D eigenvalue weighted by molar-refractivity contribution is 5.35. The molecule has 9 heavy (non-hydrogen) atoms. The minimum absolute atomic E-state index is 0.614. The molecule has 0 aliphatic heterocycles. The van der Waals surface area contributed by atoms with E-state index in [0.717, 1.165) is 0 Å². The second-order valence-corrected chi connectivity index (χ2v) is 2.56. The molecule has 1 heteroatoms. The van der Waals surface area contributed by atoms with E-state index in [1.807, 2.05) is 0 Å². The molecule has 0 saturated carbocycles. The van der Waals surface area contributed by atoms with Crippen molar-refractivity contribution in [2.24, 2.45) is 11.7 Å². The van der Waals surface area contributed by atoms with Crippen LogP contribution in [0.4, 0.5) is 0 Å². The van der Waals surface area contributed by atoms with Gasteiger partial charge < -0.3 is 5.73 Å². The van der Waals surface area contributed by atoms with Crippen LogP contribution in [0.1, 0.15) is 13.8 Å². The van der Waals surface area contributed by atoms with Crippen LogP contribution in [0, 0.1) is 5.92 Å². The summed E-state index contributed by atoms with van der Waals surface area (Å²) >= 11 is 0. The van der Waals surface area contributed by atoms with Gasteiger partial charge >= 0.3 is 0 Å². The average Bonchev–Trinajstić information content (AvgIpc) is 2.15. The van der Waals surface area contributed by atoms with Gasteiger partial charge in [-0.05, 0) is 18.4 Å². The maximum atomic E-state index is 5.48. The fraction of sp³-hybridized carbons (Fsp3) is 0.500. The van der Waals surface area contributed by atoms with E-state index in [1.165, 1.54) is 11.1 Å². The first-order chi connectivity index (χ1) is 4.25. The molecule has 1 nitrogen and oxygen atoms in total. The lowest BCUT2D eigenvalue weighted by Gasteiger charge is -2.01. The lowest BCUT2D eigenvalue weighted by Crippen LogP contribution is -2.02. The van der Waals surface area contributed by atoms with Crippen molar-refractivity contribution in [3.05, 3.63) is 23.3 Å². The molecule has 2 N–H and O–H groups in total. The van der Waals surface area contributed by atoms with Gasteiger partial charge in [-0.2, -0.15) is 0 Å². The highest BCUT2D eigenvalue weighted by Gasteiger charge is 2.09. The summed E-state index contributed by atoms with van der Waals surface area (Å²) in [5.41, 5.74) is 8.21. The molecule has 1 unspecified atom stereocenters. The fourth-order valence-electron chi connectivity index (χ4n) is 1.06. The van der Waals surface area contributed by atoms with Crippen LogP contribution in [0.5, 0.6) is 0 Å². The summed E-state index contributed by atoms with van der Waals surface area (Å²) in [5, 5.41) is 0. The van der Waals surface area contributed by atoms with Crippen LogP contribution in [-0.4, -0.2) is 6.54 Å². The van der Waals surface area contributed by atoms with Crippen LogP contribution in [0.15, 0.2) is 23.3 Å². The molecular formula is C8H13N. The molecule has 1 aliphatic rings. The van der Waals surface area contributed by atoms with Gasteiger partial charge in [-0.15, -0.1) is 0 Å². The van der Waals surface area contributed by atoms with Gasteiger partial charge in [0.05, 0.1) is 0 Å². The summed E-state index contributed by atoms with van der Waals surface area (Å²) in [5.74, 6) is 0.614. The standard InChI is InChI=1S/C8H13N/c1-6-3-4-8(5-9)7(6)2/h3-4,6H,5,9H2,1-2H3. The molecule has 1 atom stereocenters. The second kappa shape index (κ2) is 2.36. The van der Waals surface area contributed by atoms with Crippen molar-refractivity contribution >= 4 is 0 Å². The smallest absolute Gasteiger partial charge is 0.0177 e. The van der Waals surface area contributed by atoms with Gasteiger partial charge in [0.1, 0.15) is 0 Å². The van der Waals surface area contributed by atoms with Crippen LogP contribution in [0.25, 0.3) is 0 Å². The second-order valence-electron chi connectivity index (χ2n) is 2.56. The minimum Gasteiger partial charge on any atom is -0.326 e. The third kappa shape index (κ3) is 1.06. The third-order valence-electron chi connectivity index (χ3n) is 2.00. The van der Waals surface area contributed by atoms with Gasteiger partial charge in [0.2, 0.25) is 0 Å². The fourth-order valence-corrected chi connectivity index (χ4v) is 1.06. The molecule has 1 rings (SSSR count). The lowest BCUT2D eigenvalue weighted by atomic mass is 10.1. The normalized spacial score (nSPS) is 25.9. The summed E-state index contributed by atoms with van der Waals surface area (Å²) in [6.45, 7) is 5.02. The first kappa shape index (κ1) is 6.56. The van der Waals surface area contributed by atoms with E-state index in [4.69, 9.17) is 5.73 Å². The Bertz CT molecular complexity index is 165. The van der Waals surface area contributed by atoms with E-state index in [1.54, 1.807) is 0 Å². The van der Waals surface area contributed by atoms with E-state index in [0.29, 0.717) is 12.5 Å². The maximum absolute atomic E-state index is 5.48. The Balaban J connectivity index is 2.79. The monoisotopic (exact) mass is 123 g/mol. The number of rotatable bonds is 1. The van der Waals surface area contributed by atoms with Gasteiger partial charge in [0.25, 0.3) is 0 Å². The Hall–Kier alpha value is -0.560. The summed E-state index contributed by atoms with van der Waals surface area (Å²) in [7, 11) is 0. The number of hydrogen-bond acceptors (Lipinski definition) is 1. The Morgan fingerprint density at radius 2 is 2.33 bits per heavy atom. The highest BCUT2D eigenvalue weighted by Crippen LogP contribution is 2.22. The number of hydrogen-bond donors (Lipinski definition) is 1. The van der Waals surface area contributed by atoms with E-state index >= 15 is 0 Å². The molecule has 0 amide bonds. The quantitative estimate of drug-likeness (QED) is 0.561. The Kier molecular flexibility index (Phi) is 1.72. The molecule has 0 aromatic heterocycles. The predicted octanol–water partition coefficient (Wildman–Crippen LogP) is 1.47. The first-order valence-electron chi connectivity index (χ1n) is 3.33. The third-order valence-corrected chi connectivity index (χ3v) is 2.00. The van der Waals surface area contributed by atoms with Gasteiger partial charge in [-0.3, -0.25) is 0 Å². The SMILES string of the molecule is CC1=C(CN)C=CC1C. The summed E-state index contributed by atoms with van der Waals surface area (Å²) in [4.78, 5) is 0. The van der Waals surface area contributed by atoms with Crippen molar-refractivity contribution in [3.63, 3.8) is 0 Å². The largest absolute Gasteiger partial charge is 0.326 e. The van der Waals surface area contributed by atoms with Crippen LogP contribution in [0.2, 0.25) is 0 Å². The van der Waals surface area contributed by atoms with Crippen molar-refractivity contribution in [1.82, 2.24) is 0 Å². The van der Waals surface area contributed by atoms with Gasteiger partial charge in [-0.1, -0.05) is 24.6 Å². The van der Waals surface area contributed by atoms with Crippen molar-refractivity contribution in [2.45, 2.75) is 13.8 Å². The van der Waals surface area contributed by atoms with Crippen LogP contribution >= 0.6 is 0 Å². The molecular weight excluding hydrogens is 110 g/mol. The van der Waals surface area contributed by atoms with Gasteiger partial charge in [-0.25, -0.2) is 0 Å². The average molecular weight is 123 g/mol. The van der Waals surface area contributed by atoms with Crippen molar-refractivity contribution in [1.29, 1.82) is 0 Å². The molecule has 0 fully saturated rings. The van der Waals surface area contributed by atoms with E-state index < -0.39 is 0 Å². The summed E-state index contributed by atoms with van der Waals surface area (Å²) in [6.07, 6.45) is 4.32. The zero-order valence-electron chi connectivity index (χ0n) is 6.02. The van der Waals surface area contributed by atoms with Gasteiger partial charge in [0, 0.05) is 6.54 Å². The molecule has 0 radical (unpaired) electrons. The molecule has 0 spiro atoms. The maximum Gasteiger partial charge on any atom is 0.0177 e. The number of allylic oxidation sites excluding steroid dienone is 2. The molecule has 0 saturated heterocycles. The van der Waals surface area contributed by atoms with Crippen LogP contribution < -0.4 is 5.73 Å². The van der Waals surface area contributed by atoms with E-state index in [-0.39, 0.29) is 0 Å². The summed E-state index contributed by atoms with van der Waals surface area (Å²) in [6, 6.07) is 0.